The van der Waals surface area contributed by atoms with Gasteiger partial charge in [-0.25, -0.2) is 4.79 Å². The first-order valence-corrected chi connectivity index (χ1v) is 7.28. The lowest BCUT2D eigenvalue weighted by atomic mass is 9.91. The highest BCUT2D eigenvalue weighted by molar-refractivity contribution is 5.82. The van der Waals surface area contributed by atoms with E-state index in [4.69, 9.17) is 4.74 Å². The highest BCUT2D eigenvalue weighted by Crippen LogP contribution is 2.41. The monoisotopic (exact) mass is 254 g/mol. The molecule has 0 bridgehead atoms. The summed E-state index contributed by atoms with van der Waals surface area (Å²) >= 11 is 0. The predicted molar refractivity (Wildman–Crippen MR) is 71.4 cm³/mol. The summed E-state index contributed by atoms with van der Waals surface area (Å²) in [5.74, 6) is 0.393. The molecule has 18 heavy (non-hydrogen) atoms. The number of likely N-dealkylation sites (tertiary alicyclic amines) is 1. The minimum atomic E-state index is -0.457. The molecule has 1 saturated carbocycles. The third-order valence-electron chi connectivity index (χ3n) is 4.24. The van der Waals surface area contributed by atoms with E-state index in [9.17, 15) is 4.79 Å². The van der Waals surface area contributed by atoms with Gasteiger partial charge >= 0.3 is 5.97 Å². The molecule has 0 spiro atoms. The Morgan fingerprint density at radius 3 is 2.50 bits per heavy atom. The third kappa shape index (κ3) is 2.86. The zero-order chi connectivity index (χ0) is 13.0. The van der Waals surface area contributed by atoms with Crippen LogP contribution in [0.1, 0.15) is 39.0 Å². The summed E-state index contributed by atoms with van der Waals surface area (Å²) in [6, 6.07) is 0. The van der Waals surface area contributed by atoms with E-state index in [2.05, 4.69) is 17.1 Å². The Morgan fingerprint density at radius 1 is 1.33 bits per heavy atom. The number of carbonyl (C=O) groups is 1. The summed E-state index contributed by atoms with van der Waals surface area (Å²) in [7, 11) is 1.51. The van der Waals surface area contributed by atoms with E-state index in [-0.39, 0.29) is 5.97 Å². The molecule has 1 heterocycles. The van der Waals surface area contributed by atoms with E-state index < -0.39 is 5.54 Å². The summed E-state index contributed by atoms with van der Waals surface area (Å²) in [6.45, 7) is 5.95. The maximum atomic E-state index is 12.3. The number of methoxy groups -OCH3 is 1. The van der Waals surface area contributed by atoms with Gasteiger partial charge in [-0.3, -0.25) is 0 Å². The van der Waals surface area contributed by atoms with E-state index in [1.165, 1.54) is 26.4 Å². The molecule has 0 aromatic rings. The second kappa shape index (κ2) is 6.02. The van der Waals surface area contributed by atoms with Crippen LogP contribution < -0.4 is 5.32 Å². The van der Waals surface area contributed by atoms with Crippen molar-refractivity contribution < 1.29 is 9.53 Å². The quantitative estimate of drug-likeness (QED) is 0.728. The van der Waals surface area contributed by atoms with Gasteiger partial charge in [-0.05, 0) is 51.2 Å². The molecule has 4 nitrogen and oxygen atoms in total. The Kier molecular flexibility index (Phi) is 4.62. The fraction of sp³-hybridized carbons (Fsp3) is 0.929. The fourth-order valence-corrected chi connectivity index (χ4v) is 3.18. The number of hydrogen-bond acceptors (Lipinski definition) is 4. The smallest absolute Gasteiger partial charge is 0.327 e. The van der Waals surface area contributed by atoms with Gasteiger partial charge in [-0.2, -0.15) is 0 Å². The number of ether oxygens (including phenoxy) is 1. The molecule has 1 atom stereocenters. The summed E-state index contributed by atoms with van der Waals surface area (Å²) in [4.78, 5) is 14.7. The summed E-state index contributed by atoms with van der Waals surface area (Å²) in [5, 5.41) is 3.44. The maximum Gasteiger partial charge on any atom is 0.327 e. The molecule has 1 aliphatic carbocycles. The molecule has 1 aliphatic heterocycles. The SMILES string of the molecule is CCNC(CN1CCCCC1)(C(=O)OC)C1CC1. The Hall–Kier alpha value is -0.610. The normalized spacial score (nSPS) is 24.6. The van der Waals surface area contributed by atoms with E-state index >= 15 is 0 Å². The van der Waals surface area contributed by atoms with Gasteiger partial charge in [-0.15, -0.1) is 0 Å². The summed E-state index contributed by atoms with van der Waals surface area (Å²) in [5.41, 5.74) is -0.457. The first kappa shape index (κ1) is 13.8. The summed E-state index contributed by atoms with van der Waals surface area (Å²) < 4.78 is 5.08. The van der Waals surface area contributed by atoms with Crippen LogP contribution in [0.3, 0.4) is 0 Å². The molecule has 0 radical (unpaired) electrons. The van der Waals surface area contributed by atoms with Crippen molar-refractivity contribution in [1.82, 2.24) is 10.2 Å². The zero-order valence-electron chi connectivity index (χ0n) is 11.7. The predicted octanol–water partition coefficient (Wildman–Crippen LogP) is 1.40. The second-order valence-electron chi connectivity index (χ2n) is 5.60. The van der Waals surface area contributed by atoms with Crippen molar-refractivity contribution in [2.24, 2.45) is 5.92 Å². The number of hydrogen-bond donors (Lipinski definition) is 1. The first-order chi connectivity index (χ1) is 8.73. The third-order valence-corrected chi connectivity index (χ3v) is 4.24. The molecule has 4 heteroatoms. The molecule has 104 valence electrons. The highest BCUT2D eigenvalue weighted by atomic mass is 16.5. The van der Waals surface area contributed by atoms with Crippen LogP contribution in [-0.2, 0) is 9.53 Å². The van der Waals surface area contributed by atoms with Gasteiger partial charge in [-0.1, -0.05) is 13.3 Å². The number of piperidine rings is 1. The van der Waals surface area contributed by atoms with Crippen LogP contribution >= 0.6 is 0 Å². The second-order valence-corrected chi connectivity index (χ2v) is 5.60. The Morgan fingerprint density at radius 2 is 2.00 bits per heavy atom. The minimum absolute atomic E-state index is 0.0718. The first-order valence-electron chi connectivity index (χ1n) is 7.28. The van der Waals surface area contributed by atoms with Crippen molar-refractivity contribution in [2.75, 3.05) is 33.3 Å². The average Bonchev–Trinajstić information content (AvgIpc) is 3.23. The Labute approximate surface area is 110 Å². The number of rotatable bonds is 6. The van der Waals surface area contributed by atoms with Crippen LogP contribution in [0.2, 0.25) is 0 Å². The Bertz CT molecular complexity index is 286. The molecule has 2 rings (SSSR count). The average molecular weight is 254 g/mol. The topological polar surface area (TPSA) is 41.6 Å². The number of esters is 1. The van der Waals surface area contributed by atoms with E-state index in [0.29, 0.717) is 5.92 Å². The minimum Gasteiger partial charge on any atom is -0.468 e. The lowest BCUT2D eigenvalue weighted by Gasteiger charge is -2.38. The van der Waals surface area contributed by atoms with Crippen LogP contribution in [0.25, 0.3) is 0 Å². The van der Waals surface area contributed by atoms with Gasteiger partial charge in [0.15, 0.2) is 0 Å². The fourth-order valence-electron chi connectivity index (χ4n) is 3.18. The molecule has 1 N–H and O–H groups in total. The number of nitrogens with one attached hydrogen (secondary N) is 1. The van der Waals surface area contributed by atoms with Crippen molar-refractivity contribution in [1.29, 1.82) is 0 Å². The molecule has 2 aliphatic rings. The highest BCUT2D eigenvalue weighted by Gasteiger charge is 2.52. The summed E-state index contributed by atoms with van der Waals surface area (Å²) in [6.07, 6.45) is 6.14. The molecular weight excluding hydrogens is 228 g/mol. The van der Waals surface area contributed by atoms with Crippen LogP contribution in [-0.4, -0.2) is 49.7 Å². The lowest BCUT2D eigenvalue weighted by Crippen LogP contribution is -2.61. The van der Waals surface area contributed by atoms with Crippen molar-refractivity contribution >= 4 is 5.97 Å². The number of nitrogens with zero attached hydrogens (tertiary/aromatic N) is 1. The Balaban J connectivity index is 2.08. The number of likely N-dealkylation sites (N-methyl/N-ethyl adjacent to an activating group) is 1. The molecule has 1 unspecified atom stereocenters. The van der Waals surface area contributed by atoms with Gasteiger partial charge in [0.25, 0.3) is 0 Å². The largest absolute Gasteiger partial charge is 0.468 e. The van der Waals surface area contributed by atoms with Crippen LogP contribution in [0.5, 0.6) is 0 Å². The molecular formula is C14H26N2O2. The van der Waals surface area contributed by atoms with Crippen molar-refractivity contribution in [3.05, 3.63) is 0 Å². The molecule has 0 aromatic heterocycles. The van der Waals surface area contributed by atoms with Gasteiger partial charge in [0, 0.05) is 6.54 Å². The van der Waals surface area contributed by atoms with Gasteiger partial charge in [0.1, 0.15) is 5.54 Å². The molecule has 2 fully saturated rings. The molecule has 0 aromatic carbocycles. The van der Waals surface area contributed by atoms with Gasteiger partial charge < -0.3 is 15.0 Å². The standard InChI is InChI=1S/C14H26N2O2/c1-3-15-14(12-7-8-12,13(17)18-2)11-16-9-5-4-6-10-16/h12,15H,3-11H2,1-2H3. The zero-order valence-corrected chi connectivity index (χ0v) is 11.7. The van der Waals surface area contributed by atoms with E-state index in [1.807, 2.05) is 0 Å². The molecule has 0 amide bonds. The van der Waals surface area contributed by atoms with Crippen LogP contribution in [0.15, 0.2) is 0 Å². The van der Waals surface area contributed by atoms with Crippen molar-refractivity contribution in [3.8, 4) is 0 Å². The van der Waals surface area contributed by atoms with Crippen molar-refractivity contribution in [2.45, 2.75) is 44.6 Å². The van der Waals surface area contributed by atoms with E-state index in [0.717, 1.165) is 39.0 Å². The number of carbonyl (C=O) groups excluding carboxylic acids is 1. The maximum absolute atomic E-state index is 12.3. The van der Waals surface area contributed by atoms with Crippen LogP contribution in [0.4, 0.5) is 0 Å². The van der Waals surface area contributed by atoms with E-state index in [1.54, 1.807) is 0 Å². The molecule has 1 saturated heterocycles. The van der Waals surface area contributed by atoms with Crippen LogP contribution in [0, 0.1) is 5.92 Å². The van der Waals surface area contributed by atoms with Gasteiger partial charge in [0.05, 0.1) is 7.11 Å². The van der Waals surface area contributed by atoms with Gasteiger partial charge in [0.2, 0.25) is 0 Å². The lowest BCUT2D eigenvalue weighted by molar-refractivity contribution is -0.151. The van der Waals surface area contributed by atoms with Crippen molar-refractivity contribution in [3.63, 3.8) is 0 Å².